The summed E-state index contributed by atoms with van der Waals surface area (Å²) in [5, 5.41) is 5.58. The van der Waals surface area contributed by atoms with Gasteiger partial charge in [-0.15, -0.1) is 0 Å². The fourth-order valence-electron chi connectivity index (χ4n) is 4.44. The van der Waals surface area contributed by atoms with E-state index in [1.54, 1.807) is 12.3 Å². The number of benzene rings is 1. The summed E-state index contributed by atoms with van der Waals surface area (Å²) in [7, 11) is -0.799. The number of ether oxygens (including phenoxy) is 1. The highest BCUT2D eigenvalue weighted by molar-refractivity contribution is 6.66. The van der Waals surface area contributed by atoms with E-state index in [2.05, 4.69) is 5.10 Å². The van der Waals surface area contributed by atoms with Crippen LogP contribution >= 0.6 is 11.6 Å². The van der Waals surface area contributed by atoms with E-state index in [-0.39, 0.29) is 12.6 Å². The van der Waals surface area contributed by atoms with Gasteiger partial charge in [-0.05, 0) is 64.1 Å². The quantitative estimate of drug-likeness (QED) is 0.645. The van der Waals surface area contributed by atoms with E-state index in [0.29, 0.717) is 22.7 Å². The van der Waals surface area contributed by atoms with Gasteiger partial charge in [-0.2, -0.15) is 5.10 Å². The maximum absolute atomic E-state index is 14.1. The number of alkyl halides is 2. The summed E-state index contributed by atoms with van der Waals surface area (Å²) in [6, 6.07) is 1.74. The van der Waals surface area contributed by atoms with Crippen LogP contribution < -0.4 is 5.46 Å². The molecule has 30 heavy (non-hydrogen) atoms. The zero-order valence-corrected chi connectivity index (χ0v) is 18.4. The van der Waals surface area contributed by atoms with Crippen molar-refractivity contribution >= 4 is 35.1 Å². The molecular weight excluding hydrogens is 413 g/mol. The Balaban J connectivity index is 1.68. The Kier molecular flexibility index (Phi) is 4.58. The van der Waals surface area contributed by atoms with Crippen LogP contribution in [0.25, 0.3) is 10.9 Å². The minimum Gasteiger partial charge on any atom is -0.399 e. The first kappa shape index (κ1) is 20.7. The smallest absolute Gasteiger partial charge is 0.399 e. The molecule has 5 rings (SSSR count). The Morgan fingerprint density at radius 1 is 1.17 bits per heavy atom. The lowest BCUT2D eigenvalue weighted by molar-refractivity contribution is -0.0366. The molecule has 1 aromatic carbocycles. The number of nitrogens with zero attached hydrogens (tertiary/aromatic N) is 2. The van der Waals surface area contributed by atoms with Crippen LogP contribution in [0.1, 0.15) is 71.1 Å². The predicted octanol–water partition coefficient (Wildman–Crippen LogP) is 4.81. The van der Waals surface area contributed by atoms with Crippen molar-refractivity contribution in [1.29, 1.82) is 0 Å². The molecule has 0 amide bonds. The molecule has 3 aliphatic rings. The van der Waals surface area contributed by atoms with Gasteiger partial charge in [-0.1, -0.05) is 11.6 Å². The van der Waals surface area contributed by atoms with Crippen molar-refractivity contribution in [2.24, 2.45) is 0 Å². The highest BCUT2D eigenvalue weighted by Gasteiger charge is 2.61. The maximum Gasteiger partial charge on any atom is 0.495 e. The normalized spacial score (nSPS) is 29.5. The molecule has 1 aromatic heterocycles. The second-order valence-electron chi connectivity index (χ2n) is 9.63. The average molecular weight is 439 g/mol. The van der Waals surface area contributed by atoms with Crippen LogP contribution in [0.3, 0.4) is 0 Å². The second kappa shape index (κ2) is 6.64. The predicted molar refractivity (Wildman–Crippen MR) is 112 cm³/mol. The third kappa shape index (κ3) is 3.10. The van der Waals surface area contributed by atoms with Crippen LogP contribution in [0, 0.1) is 0 Å². The maximum atomic E-state index is 14.1. The average Bonchev–Trinajstić information content (AvgIpc) is 3.00. The molecule has 1 aliphatic carbocycles. The van der Waals surface area contributed by atoms with E-state index in [1.165, 1.54) is 0 Å². The lowest BCUT2D eigenvalue weighted by atomic mass is 9.72. The van der Waals surface area contributed by atoms with E-state index in [1.807, 2.05) is 32.4 Å². The van der Waals surface area contributed by atoms with Crippen LogP contribution in [-0.2, 0) is 14.0 Å². The van der Waals surface area contributed by atoms with Gasteiger partial charge in [-0.3, -0.25) is 0 Å². The standard InChI is InChI=1S/C21H26BClF2N2O3/c1-19(2)20(3,4)30-22(29-19)18-12-11-26-27(16-7-5-6-8-28-16)15(12)9-14(23)17(18)13-10-21(13,24)25/h9,11,13,16H,5-8,10H2,1-4H3. The molecule has 0 spiro atoms. The molecule has 0 radical (unpaired) electrons. The Labute approximate surface area is 180 Å². The van der Waals surface area contributed by atoms with Gasteiger partial charge in [0, 0.05) is 23.4 Å². The summed E-state index contributed by atoms with van der Waals surface area (Å²) in [6.45, 7) is 8.45. The monoisotopic (exact) mass is 438 g/mol. The first-order valence-electron chi connectivity index (χ1n) is 10.6. The number of hydrogen-bond acceptors (Lipinski definition) is 4. The van der Waals surface area contributed by atoms with Crippen molar-refractivity contribution in [2.45, 2.75) is 82.6 Å². The summed E-state index contributed by atoms with van der Waals surface area (Å²) < 4.78 is 48.5. The third-order valence-corrected chi connectivity index (χ3v) is 7.34. The van der Waals surface area contributed by atoms with E-state index >= 15 is 0 Å². The van der Waals surface area contributed by atoms with Crippen molar-refractivity contribution < 1.29 is 22.8 Å². The first-order valence-corrected chi connectivity index (χ1v) is 10.9. The summed E-state index contributed by atoms with van der Waals surface area (Å²) in [6.07, 6.45) is 4.22. The molecule has 0 N–H and O–H groups in total. The van der Waals surface area contributed by atoms with Gasteiger partial charge < -0.3 is 14.0 Å². The van der Waals surface area contributed by atoms with Crippen LogP contribution in [0.15, 0.2) is 12.3 Å². The van der Waals surface area contributed by atoms with Crippen molar-refractivity contribution in [2.75, 3.05) is 6.61 Å². The summed E-state index contributed by atoms with van der Waals surface area (Å²) in [4.78, 5) is 0. The number of fused-ring (bicyclic) bond motifs is 1. The molecule has 2 aliphatic heterocycles. The molecule has 2 unspecified atom stereocenters. The van der Waals surface area contributed by atoms with Gasteiger partial charge in [0.1, 0.15) is 0 Å². The van der Waals surface area contributed by atoms with Crippen LogP contribution in [0.2, 0.25) is 5.02 Å². The van der Waals surface area contributed by atoms with Crippen LogP contribution in [0.4, 0.5) is 8.78 Å². The fourth-order valence-corrected chi connectivity index (χ4v) is 4.77. The lowest BCUT2D eigenvalue weighted by Gasteiger charge is -2.32. The van der Waals surface area contributed by atoms with Crippen molar-refractivity contribution in [1.82, 2.24) is 9.78 Å². The minimum atomic E-state index is -2.77. The van der Waals surface area contributed by atoms with Gasteiger partial charge in [0.2, 0.25) is 0 Å². The van der Waals surface area contributed by atoms with E-state index in [4.69, 9.17) is 25.6 Å². The molecule has 3 fully saturated rings. The zero-order chi connectivity index (χ0) is 21.5. The topological polar surface area (TPSA) is 45.5 Å². The number of hydrogen-bond donors (Lipinski definition) is 0. The summed E-state index contributed by atoms with van der Waals surface area (Å²) >= 11 is 6.63. The SMILES string of the molecule is CC1(C)OB(c2c(C3CC3(F)F)c(Cl)cc3c2cnn3C2CCCCO2)OC1(C)C. The van der Waals surface area contributed by atoms with Crippen molar-refractivity contribution in [3.05, 3.63) is 22.8 Å². The largest absolute Gasteiger partial charge is 0.495 e. The summed E-state index contributed by atoms with van der Waals surface area (Å²) in [5.74, 6) is -3.70. The third-order valence-electron chi connectivity index (χ3n) is 7.03. The minimum absolute atomic E-state index is 0.188. The molecule has 2 atom stereocenters. The molecule has 1 saturated carbocycles. The molecule has 9 heteroatoms. The number of aromatic nitrogens is 2. The highest BCUT2D eigenvalue weighted by Crippen LogP contribution is 2.57. The molecule has 0 bridgehead atoms. The Morgan fingerprint density at radius 2 is 1.83 bits per heavy atom. The second-order valence-corrected chi connectivity index (χ2v) is 10.0. The van der Waals surface area contributed by atoms with Crippen LogP contribution in [0.5, 0.6) is 0 Å². The Morgan fingerprint density at radius 3 is 2.40 bits per heavy atom. The van der Waals surface area contributed by atoms with Crippen LogP contribution in [-0.4, -0.2) is 40.6 Å². The van der Waals surface area contributed by atoms with Gasteiger partial charge in [0.25, 0.3) is 5.92 Å². The van der Waals surface area contributed by atoms with E-state index in [0.717, 1.165) is 30.2 Å². The summed E-state index contributed by atoms with van der Waals surface area (Å²) in [5.41, 5.74) is 0.539. The van der Waals surface area contributed by atoms with E-state index < -0.39 is 30.2 Å². The van der Waals surface area contributed by atoms with E-state index in [9.17, 15) is 8.78 Å². The van der Waals surface area contributed by atoms with Crippen molar-refractivity contribution in [3.63, 3.8) is 0 Å². The molecule has 2 aromatic rings. The number of rotatable bonds is 3. The number of halogens is 3. The molecule has 162 valence electrons. The first-order chi connectivity index (χ1) is 14.0. The molecule has 3 heterocycles. The Hall–Kier alpha value is -1.22. The Bertz CT molecular complexity index is 988. The van der Waals surface area contributed by atoms with Gasteiger partial charge in [0.05, 0.1) is 28.8 Å². The van der Waals surface area contributed by atoms with Gasteiger partial charge in [-0.25, -0.2) is 13.5 Å². The lowest BCUT2D eigenvalue weighted by Crippen LogP contribution is -2.41. The van der Waals surface area contributed by atoms with Crippen molar-refractivity contribution in [3.8, 4) is 0 Å². The zero-order valence-electron chi connectivity index (χ0n) is 17.7. The van der Waals surface area contributed by atoms with Gasteiger partial charge in [0.15, 0.2) is 6.23 Å². The molecular formula is C21H26BClF2N2O3. The molecule has 2 saturated heterocycles. The highest BCUT2D eigenvalue weighted by atomic mass is 35.5. The van der Waals surface area contributed by atoms with Gasteiger partial charge >= 0.3 is 7.12 Å². The fraction of sp³-hybridized carbons (Fsp3) is 0.667. The molecule has 5 nitrogen and oxygen atoms in total.